The number of aliphatic hydroxyl groups is 2. The molecule has 2 aliphatic rings. The average Bonchev–Trinajstić information content (AvgIpc) is 2.86. The zero-order valence-electron chi connectivity index (χ0n) is 23.0. The Morgan fingerprint density at radius 1 is 1.05 bits per heavy atom. The highest BCUT2D eigenvalue weighted by atomic mass is 16.6. The topological polar surface area (TPSA) is 174 Å². The summed E-state index contributed by atoms with van der Waals surface area (Å²) in [5, 5.41) is 24.2. The fourth-order valence-electron chi connectivity index (χ4n) is 4.65. The van der Waals surface area contributed by atoms with E-state index < -0.39 is 65.9 Å². The van der Waals surface area contributed by atoms with Crippen molar-refractivity contribution >= 4 is 23.6 Å². The fraction of sp³-hybridized carbons (Fsp3) is 0.500. The van der Waals surface area contributed by atoms with Gasteiger partial charge in [0, 0.05) is 37.4 Å². The highest BCUT2D eigenvalue weighted by Crippen LogP contribution is 2.28. The summed E-state index contributed by atoms with van der Waals surface area (Å²) in [6.45, 7) is 6.59. The summed E-state index contributed by atoms with van der Waals surface area (Å²) < 4.78 is 16.3. The summed E-state index contributed by atoms with van der Waals surface area (Å²) in [4.78, 5) is 50.1. The number of nitrogens with one attached hydrogen (secondary N) is 1. The number of rotatable bonds is 3. The minimum Gasteiger partial charge on any atom is -0.439 e. The number of primary amides is 1. The first kappa shape index (κ1) is 31.8. The fourth-order valence-corrected chi connectivity index (χ4v) is 4.65. The van der Waals surface area contributed by atoms with Gasteiger partial charge in [-0.2, -0.15) is 0 Å². The van der Waals surface area contributed by atoms with Gasteiger partial charge in [0.1, 0.15) is 6.10 Å². The Morgan fingerprint density at radius 2 is 1.72 bits per heavy atom. The number of Topliss-reactive ketones (excluding diaryl/α,β-unsaturated/α-hetero) is 1. The molecule has 0 radical (unpaired) electrons. The number of nitrogens with two attached hydrogens (primary N) is 1. The van der Waals surface area contributed by atoms with Crippen LogP contribution in [0.15, 0.2) is 58.9 Å². The number of aliphatic hydroxyl groups excluding tert-OH is 2. The lowest BCUT2D eigenvalue weighted by atomic mass is 9.84. The van der Waals surface area contributed by atoms with Gasteiger partial charge in [-0.3, -0.25) is 14.4 Å². The molecule has 0 aromatic rings. The van der Waals surface area contributed by atoms with E-state index in [0.29, 0.717) is 5.57 Å². The third-order valence-electron chi connectivity index (χ3n) is 6.76. The van der Waals surface area contributed by atoms with Crippen LogP contribution in [0.3, 0.4) is 0 Å². The van der Waals surface area contributed by atoms with Crippen LogP contribution in [0.2, 0.25) is 0 Å². The van der Waals surface area contributed by atoms with Gasteiger partial charge >= 0.3 is 6.09 Å². The van der Waals surface area contributed by atoms with E-state index in [1.165, 1.54) is 33.3 Å². The molecule has 2 amide bonds. The summed E-state index contributed by atoms with van der Waals surface area (Å²) in [6.07, 6.45) is 2.21. The van der Waals surface area contributed by atoms with Gasteiger partial charge in [-0.25, -0.2) is 4.79 Å². The van der Waals surface area contributed by atoms with Crippen molar-refractivity contribution in [2.45, 2.75) is 64.6 Å². The average molecular weight is 547 g/mol. The molecular weight excluding hydrogens is 508 g/mol. The molecule has 1 heterocycles. The Labute approximate surface area is 228 Å². The van der Waals surface area contributed by atoms with Crippen molar-refractivity contribution in [3.05, 3.63) is 58.9 Å². The van der Waals surface area contributed by atoms with Crippen molar-refractivity contribution in [1.82, 2.24) is 5.32 Å². The zero-order valence-corrected chi connectivity index (χ0v) is 23.0. The summed E-state index contributed by atoms with van der Waals surface area (Å²) in [7, 11) is 2.77. The van der Waals surface area contributed by atoms with Crippen LogP contribution in [0.4, 0.5) is 4.79 Å². The second-order valence-corrected chi connectivity index (χ2v) is 9.83. The van der Waals surface area contributed by atoms with Crippen LogP contribution in [0.1, 0.15) is 34.1 Å². The summed E-state index contributed by atoms with van der Waals surface area (Å²) in [6, 6.07) is 0. The molecule has 0 saturated carbocycles. The molecule has 0 aromatic heterocycles. The summed E-state index contributed by atoms with van der Waals surface area (Å²) in [5.41, 5.74) is 5.84. The number of ether oxygens (including phenoxy) is 3. The molecule has 0 aromatic carbocycles. The van der Waals surface area contributed by atoms with E-state index in [-0.39, 0.29) is 23.3 Å². The van der Waals surface area contributed by atoms with Gasteiger partial charge in [-0.05, 0) is 37.8 Å². The van der Waals surface area contributed by atoms with E-state index in [1.807, 2.05) is 0 Å². The molecule has 0 fully saturated rings. The van der Waals surface area contributed by atoms with E-state index in [2.05, 4.69) is 5.32 Å². The second-order valence-electron chi connectivity index (χ2n) is 9.83. The molecule has 39 heavy (non-hydrogen) atoms. The quantitative estimate of drug-likeness (QED) is 0.301. The second kappa shape index (κ2) is 14.1. The minimum atomic E-state index is -1.23. The number of hydrogen-bond acceptors (Lipinski definition) is 9. The maximum Gasteiger partial charge on any atom is 0.405 e. The number of carbonyl (C=O) groups excluding carboxylic acids is 4. The van der Waals surface area contributed by atoms with Gasteiger partial charge in [0.05, 0.1) is 24.0 Å². The smallest absolute Gasteiger partial charge is 0.405 e. The maximum absolute atomic E-state index is 13.2. The van der Waals surface area contributed by atoms with Crippen molar-refractivity contribution in [2.24, 2.45) is 17.6 Å². The number of allylic oxidation sites excluding steroid dienone is 5. The lowest BCUT2D eigenvalue weighted by Crippen LogP contribution is -2.39. The number of carbonyl (C=O) groups is 4. The molecular formula is C28H38N2O9. The van der Waals surface area contributed by atoms with E-state index >= 15 is 0 Å². The van der Waals surface area contributed by atoms with E-state index in [0.717, 1.165) is 12.2 Å². The number of fused-ring (bicyclic) bond motifs is 2. The third-order valence-corrected chi connectivity index (χ3v) is 6.76. The predicted molar refractivity (Wildman–Crippen MR) is 142 cm³/mol. The normalized spacial score (nSPS) is 35.0. The molecule has 11 heteroatoms. The van der Waals surface area contributed by atoms with Crippen LogP contribution in [-0.4, -0.2) is 78.5 Å². The van der Waals surface area contributed by atoms with Crippen molar-refractivity contribution < 1.29 is 43.6 Å². The van der Waals surface area contributed by atoms with Crippen molar-refractivity contribution in [3.8, 4) is 0 Å². The SMILES string of the molecule is COC1/C=C\C=C(/C)C(=O)NC2=CC(=O)C=C(C2=O)[C@H](OC)[C@@H](C)C[C@H](O)[C@H](O)[C@@H](C)/C=C(\C)[C@@H]1OC(N)=O. The Hall–Kier alpha value is -3.38. The lowest BCUT2D eigenvalue weighted by molar-refractivity contribution is -0.120. The first-order valence-electron chi connectivity index (χ1n) is 12.5. The number of amides is 2. The van der Waals surface area contributed by atoms with Crippen LogP contribution in [0, 0.1) is 11.8 Å². The largest absolute Gasteiger partial charge is 0.439 e. The predicted octanol–water partition coefficient (Wildman–Crippen LogP) is 1.41. The van der Waals surface area contributed by atoms with Gasteiger partial charge in [0.15, 0.2) is 11.9 Å². The van der Waals surface area contributed by atoms with Crippen LogP contribution in [0.5, 0.6) is 0 Å². The molecule has 0 spiro atoms. The standard InChI is InChI=1S/C28H38N2O9/c1-14-8-7-9-22(37-5)26(39-28(29)36)16(3)10-15(2)23(33)21(32)11-17(4)25(38-6)19-12-18(31)13-20(24(19)34)30-27(14)35/h7-10,12-13,15,17,21-23,25-26,32-33H,11H2,1-6H3,(H2,29,36)(H,30,35)/b9-7-,14-8+,16-10+/t15-,17-,21-,22?,23+,25+,26-/m0/s1. The molecule has 1 unspecified atom stereocenters. The Kier molecular flexibility index (Phi) is 11.5. The molecule has 1 aliphatic heterocycles. The van der Waals surface area contributed by atoms with Gasteiger partial charge in [0.25, 0.3) is 5.91 Å². The molecule has 1 aliphatic carbocycles. The molecule has 0 saturated heterocycles. The summed E-state index contributed by atoms with van der Waals surface area (Å²) >= 11 is 0. The molecule has 5 N–H and O–H groups in total. The summed E-state index contributed by atoms with van der Waals surface area (Å²) in [5.74, 6) is -2.80. The van der Waals surface area contributed by atoms with E-state index in [4.69, 9.17) is 19.9 Å². The molecule has 214 valence electrons. The van der Waals surface area contributed by atoms with Gasteiger partial charge in [0.2, 0.25) is 5.78 Å². The molecule has 2 rings (SSSR count). The van der Waals surface area contributed by atoms with Gasteiger partial charge in [-0.15, -0.1) is 0 Å². The first-order chi connectivity index (χ1) is 18.3. The van der Waals surface area contributed by atoms with E-state index in [1.54, 1.807) is 32.9 Å². The maximum atomic E-state index is 13.2. The van der Waals surface area contributed by atoms with Crippen LogP contribution >= 0.6 is 0 Å². The Balaban J connectivity index is 2.58. The van der Waals surface area contributed by atoms with Gasteiger partial charge in [-0.1, -0.05) is 38.2 Å². The Bertz CT molecular complexity index is 1120. The number of methoxy groups -OCH3 is 2. The Morgan fingerprint density at radius 3 is 2.31 bits per heavy atom. The lowest BCUT2D eigenvalue weighted by Gasteiger charge is -2.30. The first-order valence-corrected chi connectivity index (χ1v) is 12.5. The molecule has 7 atom stereocenters. The zero-order chi connectivity index (χ0) is 29.4. The highest BCUT2D eigenvalue weighted by molar-refractivity contribution is 6.22. The number of hydrogen-bond donors (Lipinski definition) is 4. The molecule has 2 bridgehead atoms. The van der Waals surface area contributed by atoms with Crippen LogP contribution in [0.25, 0.3) is 0 Å². The van der Waals surface area contributed by atoms with Crippen molar-refractivity contribution in [1.29, 1.82) is 0 Å². The third kappa shape index (κ3) is 8.30. The molecule has 11 nitrogen and oxygen atoms in total. The highest BCUT2D eigenvalue weighted by Gasteiger charge is 2.35. The van der Waals surface area contributed by atoms with E-state index in [9.17, 15) is 29.4 Å². The monoisotopic (exact) mass is 546 g/mol. The number of ketones is 2. The van der Waals surface area contributed by atoms with Crippen LogP contribution < -0.4 is 11.1 Å². The van der Waals surface area contributed by atoms with Gasteiger partial charge < -0.3 is 35.5 Å². The van der Waals surface area contributed by atoms with Crippen LogP contribution in [-0.2, 0) is 28.6 Å². The van der Waals surface area contributed by atoms with Crippen molar-refractivity contribution in [2.75, 3.05) is 14.2 Å². The minimum absolute atomic E-state index is 0.0214. The van der Waals surface area contributed by atoms with Crippen molar-refractivity contribution in [3.63, 3.8) is 0 Å².